The Morgan fingerprint density at radius 3 is 2.81 bits per heavy atom. The summed E-state index contributed by atoms with van der Waals surface area (Å²) >= 11 is 0. The lowest BCUT2D eigenvalue weighted by Gasteiger charge is -2.10. The third kappa shape index (κ3) is 4.51. The van der Waals surface area contributed by atoms with Gasteiger partial charge in [0.1, 0.15) is 5.82 Å². The molecule has 0 radical (unpaired) electrons. The van der Waals surface area contributed by atoms with Crippen molar-refractivity contribution >= 4 is 16.9 Å². The highest BCUT2D eigenvalue weighted by molar-refractivity contribution is 5.76. The number of rotatable bonds is 8. The Labute approximate surface area is 155 Å². The van der Waals surface area contributed by atoms with Gasteiger partial charge in [-0.1, -0.05) is 48.9 Å². The summed E-state index contributed by atoms with van der Waals surface area (Å²) in [5, 5.41) is 2.99. The number of nitrogens with one attached hydrogen (secondary N) is 1. The van der Waals surface area contributed by atoms with Crippen molar-refractivity contribution in [2.45, 2.75) is 46.1 Å². The van der Waals surface area contributed by atoms with Crippen LogP contribution in [0.5, 0.6) is 0 Å². The van der Waals surface area contributed by atoms with Gasteiger partial charge in [-0.15, -0.1) is 0 Å². The maximum atomic E-state index is 11.6. The molecule has 0 aliphatic heterocycles. The minimum absolute atomic E-state index is 0.140. The molecule has 1 heterocycles. The molecule has 2 aromatic carbocycles. The molecule has 0 aliphatic rings. The first-order chi connectivity index (χ1) is 12.7. The van der Waals surface area contributed by atoms with Crippen molar-refractivity contribution in [3.63, 3.8) is 0 Å². The van der Waals surface area contributed by atoms with Crippen LogP contribution in [0.25, 0.3) is 11.0 Å². The van der Waals surface area contributed by atoms with Gasteiger partial charge in [-0.25, -0.2) is 4.98 Å². The minimum atomic E-state index is 0.140. The number of aromatic nitrogens is 2. The van der Waals surface area contributed by atoms with Crippen molar-refractivity contribution in [1.29, 1.82) is 0 Å². The summed E-state index contributed by atoms with van der Waals surface area (Å²) in [6.07, 6.45) is 3.24. The number of nitrogens with zero attached hydrogens (tertiary/aromatic N) is 2. The maximum Gasteiger partial charge on any atom is 0.219 e. The van der Waals surface area contributed by atoms with E-state index in [1.807, 2.05) is 13.0 Å². The van der Waals surface area contributed by atoms with E-state index in [0.717, 1.165) is 37.1 Å². The second kappa shape index (κ2) is 8.65. The minimum Gasteiger partial charge on any atom is -0.356 e. The zero-order chi connectivity index (χ0) is 18.4. The topological polar surface area (TPSA) is 46.9 Å². The van der Waals surface area contributed by atoms with Gasteiger partial charge in [0.2, 0.25) is 5.91 Å². The number of hydrogen-bond donors (Lipinski definition) is 1. The van der Waals surface area contributed by atoms with Crippen molar-refractivity contribution in [2.24, 2.45) is 0 Å². The molecule has 0 spiro atoms. The van der Waals surface area contributed by atoms with Gasteiger partial charge < -0.3 is 9.88 Å². The van der Waals surface area contributed by atoms with Crippen LogP contribution in [0.2, 0.25) is 0 Å². The molecule has 3 aromatic rings. The molecule has 1 N–H and O–H groups in total. The lowest BCUT2D eigenvalue weighted by molar-refractivity contribution is -0.121. The van der Waals surface area contributed by atoms with Gasteiger partial charge in [0, 0.05) is 25.9 Å². The van der Waals surface area contributed by atoms with Crippen molar-refractivity contribution in [1.82, 2.24) is 14.9 Å². The van der Waals surface area contributed by atoms with E-state index in [1.165, 1.54) is 16.6 Å². The molecule has 0 saturated carbocycles. The number of imidazole rings is 1. The molecule has 0 atom stereocenters. The van der Waals surface area contributed by atoms with E-state index in [9.17, 15) is 4.79 Å². The van der Waals surface area contributed by atoms with E-state index in [2.05, 4.69) is 59.3 Å². The molecule has 0 fully saturated rings. The fourth-order valence-corrected chi connectivity index (χ4v) is 3.28. The van der Waals surface area contributed by atoms with Gasteiger partial charge in [0.25, 0.3) is 0 Å². The Kier molecular flexibility index (Phi) is 6.05. The molecule has 4 nitrogen and oxygen atoms in total. The van der Waals surface area contributed by atoms with Crippen LogP contribution < -0.4 is 5.32 Å². The summed E-state index contributed by atoms with van der Waals surface area (Å²) < 4.78 is 2.30. The maximum absolute atomic E-state index is 11.6. The second-order valence-electron chi connectivity index (χ2n) is 6.80. The van der Waals surface area contributed by atoms with Crippen LogP contribution in [0.15, 0.2) is 48.5 Å². The van der Waals surface area contributed by atoms with E-state index in [1.54, 1.807) is 0 Å². The molecule has 4 heteroatoms. The molecule has 0 unspecified atom stereocenters. The fraction of sp³-hybridized carbons (Fsp3) is 0.364. The number of para-hydroxylation sites is 2. The number of fused-ring (bicyclic) bond motifs is 1. The molecular formula is C22H27N3O. The predicted molar refractivity (Wildman–Crippen MR) is 106 cm³/mol. The third-order valence-corrected chi connectivity index (χ3v) is 4.53. The molecular weight excluding hydrogens is 322 g/mol. The Morgan fingerprint density at radius 1 is 1.15 bits per heavy atom. The predicted octanol–water partition coefficient (Wildman–Crippen LogP) is 4.24. The molecule has 0 bridgehead atoms. The van der Waals surface area contributed by atoms with E-state index in [-0.39, 0.29) is 5.91 Å². The fourth-order valence-electron chi connectivity index (χ4n) is 3.28. The number of amides is 1. The Balaban J connectivity index is 1.75. The second-order valence-corrected chi connectivity index (χ2v) is 6.80. The number of aryl methyl sites for hydroxylation is 2. The highest BCUT2D eigenvalue weighted by atomic mass is 16.1. The van der Waals surface area contributed by atoms with Gasteiger partial charge in [0.15, 0.2) is 0 Å². The summed E-state index contributed by atoms with van der Waals surface area (Å²) in [5.41, 5.74) is 4.75. The first kappa shape index (κ1) is 18.2. The van der Waals surface area contributed by atoms with Crippen LogP contribution in [0, 0.1) is 6.92 Å². The van der Waals surface area contributed by atoms with E-state index >= 15 is 0 Å². The van der Waals surface area contributed by atoms with Crippen molar-refractivity contribution in [2.75, 3.05) is 6.54 Å². The lowest BCUT2D eigenvalue weighted by Crippen LogP contribution is -2.24. The molecule has 3 rings (SSSR count). The summed E-state index contributed by atoms with van der Waals surface area (Å²) in [6, 6.07) is 16.9. The smallest absolute Gasteiger partial charge is 0.219 e. The van der Waals surface area contributed by atoms with Crippen LogP contribution in [-0.4, -0.2) is 22.0 Å². The van der Waals surface area contributed by atoms with Crippen molar-refractivity contribution < 1.29 is 4.79 Å². The Bertz CT molecular complexity index is 882. The van der Waals surface area contributed by atoms with Crippen LogP contribution in [0.3, 0.4) is 0 Å². The number of hydrogen-bond acceptors (Lipinski definition) is 2. The third-order valence-electron chi connectivity index (χ3n) is 4.53. The van der Waals surface area contributed by atoms with Crippen LogP contribution >= 0.6 is 0 Å². The molecule has 136 valence electrons. The lowest BCUT2D eigenvalue weighted by atomic mass is 10.1. The van der Waals surface area contributed by atoms with Gasteiger partial charge in [-0.05, 0) is 37.5 Å². The largest absolute Gasteiger partial charge is 0.356 e. The van der Waals surface area contributed by atoms with E-state index in [0.29, 0.717) is 13.0 Å². The molecule has 1 amide bonds. The standard InChI is InChI=1S/C22H27N3O/c1-3-8-22(26)23-14-7-13-21-24-19-11-4-5-12-20(19)25(21)16-18-10-6-9-17(2)15-18/h4-6,9-12,15H,3,7-8,13-14,16H2,1-2H3,(H,23,26). The average molecular weight is 349 g/mol. The van der Waals surface area contributed by atoms with Gasteiger partial charge in [0.05, 0.1) is 11.0 Å². The summed E-state index contributed by atoms with van der Waals surface area (Å²) in [4.78, 5) is 16.4. The highest BCUT2D eigenvalue weighted by Gasteiger charge is 2.11. The normalized spacial score (nSPS) is 11.0. The molecule has 0 aliphatic carbocycles. The SMILES string of the molecule is CCCC(=O)NCCCc1nc2ccccc2n1Cc1cccc(C)c1. The average Bonchev–Trinajstić information content (AvgIpc) is 2.97. The summed E-state index contributed by atoms with van der Waals surface area (Å²) in [6.45, 7) is 5.66. The first-order valence-electron chi connectivity index (χ1n) is 9.43. The van der Waals surface area contributed by atoms with Crippen molar-refractivity contribution in [3.05, 3.63) is 65.5 Å². The summed E-state index contributed by atoms with van der Waals surface area (Å²) in [7, 11) is 0. The Hall–Kier alpha value is -2.62. The van der Waals surface area contributed by atoms with Gasteiger partial charge in [-0.3, -0.25) is 4.79 Å². The van der Waals surface area contributed by atoms with Crippen LogP contribution in [-0.2, 0) is 17.8 Å². The molecule has 1 aromatic heterocycles. The first-order valence-corrected chi connectivity index (χ1v) is 9.43. The zero-order valence-corrected chi connectivity index (χ0v) is 15.7. The highest BCUT2D eigenvalue weighted by Crippen LogP contribution is 2.19. The van der Waals surface area contributed by atoms with E-state index in [4.69, 9.17) is 4.98 Å². The molecule has 0 saturated heterocycles. The van der Waals surface area contributed by atoms with Crippen LogP contribution in [0.4, 0.5) is 0 Å². The number of benzene rings is 2. The zero-order valence-electron chi connectivity index (χ0n) is 15.7. The van der Waals surface area contributed by atoms with Gasteiger partial charge >= 0.3 is 0 Å². The monoisotopic (exact) mass is 349 g/mol. The van der Waals surface area contributed by atoms with Crippen molar-refractivity contribution in [3.8, 4) is 0 Å². The van der Waals surface area contributed by atoms with Crippen LogP contribution in [0.1, 0.15) is 43.1 Å². The van der Waals surface area contributed by atoms with E-state index < -0.39 is 0 Å². The molecule has 26 heavy (non-hydrogen) atoms. The Morgan fingerprint density at radius 2 is 2.00 bits per heavy atom. The quantitative estimate of drug-likeness (QED) is 0.618. The number of carbonyl (C=O) groups is 1. The van der Waals surface area contributed by atoms with Gasteiger partial charge in [-0.2, -0.15) is 0 Å². The summed E-state index contributed by atoms with van der Waals surface area (Å²) in [5.74, 6) is 1.22. The number of carbonyl (C=O) groups excluding carboxylic acids is 1.